The number of carbonyl (C=O) groups is 3. The number of hydrogen-bond acceptors (Lipinski definition) is 12. The predicted molar refractivity (Wildman–Crippen MR) is 159 cm³/mol. The summed E-state index contributed by atoms with van der Waals surface area (Å²) in [6.45, 7) is 5.18. The lowest BCUT2D eigenvalue weighted by Gasteiger charge is -2.46. The molecule has 0 aromatic heterocycles. The van der Waals surface area contributed by atoms with E-state index in [1.807, 2.05) is 0 Å². The highest BCUT2D eigenvalue weighted by molar-refractivity contribution is 8.93. The van der Waals surface area contributed by atoms with Crippen LogP contribution in [0.15, 0.2) is 18.2 Å². The van der Waals surface area contributed by atoms with Crippen molar-refractivity contribution in [2.75, 3.05) is 33.4 Å². The number of halogens is 1. The summed E-state index contributed by atoms with van der Waals surface area (Å²) >= 11 is 0. The van der Waals surface area contributed by atoms with Crippen LogP contribution >= 0.6 is 17.0 Å². The van der Waals surface area contributed by atoms with Crippen molar-refractivity contribution in [3.05, 3.63) is 51.6 Å². The number of ketones is 3. The first-order valence-corrected chi connectivity index (χ1v) is 14.4. The van der Waals surface area contributed by atoms with Crippen molar-refractivity contribution < 1.29 is 53.8 Å². The fourth-order valence-electron chi connectivity index (χ4n) is 6.87. The van der Waals surface area contributed by atoms with Gasteiger partial charge in [-0.25, -0.2) is 0 Å². The molecule has 2 saturated heterocycles. The second kappa shape index (κ2) is 12.1. The number of aliphatic hydroxyl groups excluding tert-OH is 1. The molecule has 2 aromatic rings. The number of hydrogen-bond donors (Lipinski definition) is 4. The van der Waals surface area contributed by atoms with Gasteiger partial charge in [0.2, 0.25) is 5.78 Å². The number of morpholine rings is 1. The zero-order chi connectivity index (χ0) is 30.8. The Hall–Kier alpha value is -2.91. The van der Waals surface area contributed by atoms with Crippen LogP contribution in [-0.2, 0) is 25.4 Å². The molecule has 0 radical (unpaired) electrons. The van der Waals surface area contributed by atoms with Gasteiger partial charge in [-0.1, -0.05) is 12.1 Å². The summed E-state index contributed by atoms with van der Waals surface area (Å²) in [5, 5.41) is 45.5. The van der Waals surface area contributed by atoms with Crippen LogP contribution in [0.3, 0.4) is 0 Å². The quantitative estimate of drug-likeness (QED) is 0.290. The Morgan fingerprint density at radius 2 is 1.75 bits per heavy atom. The Labute approximate surface area is 264 Å². The normalized spacial score (nSPS) is 30.1. The molecule has 4 unspecified atom stereocenters. The number of carbonyl (C=O) groups excluding carboxylic acids is 3. The molecule has 2 aliphatic carbocycles. The monoisotopic (exact) mass is 677 g/mol. The third-order valence-corrected chi connectivity index (χ3v) is 9.24. The molecule has 4 aliphatic rings. The molecule has 2 aromatic carbocycles. The molecule has 12 nitrogen and oxygen atoms in total. The molecular formula is C31H36BrNO11. The van der Waals surface area contributed by atoms with Gasteiger partial charge in [0, 0.05) is 55.1 Å². The average Bonchev–Trinajstić information content (AvgIpc) is 2.99. The third kappa shape index (κ3) is 5.14. The summed E-state index contributed by atoms with van der Waals surface area (Å²) in [5.74, 6) is -3.08. The molecule has 2 aliphatic heterocycles. The van der Waals surface area contributed by atoms with E-state index in [1.165, 1.54) is 32.2 Å². The minimum atomic E-state index is -2.00. The number of phenolic OH excluding ortho intramolecular Hbond substituents is 2. The van der Waals surface area contributed by atoms with Crippen LogP contribution in [0.5, 0.6) is 17.2 Å². The molecule has 0 spiro atoms. The van der Waals surface area contributed by atoms with Crippen molar-refractivity contribution in [3.8, 4) is 17.2 Å². The highest BCUT2D eigenvalue weighted by atomic mass is 79.9. The molecule has 2 heterocycles. The van der Waals surface area contributed by atoms with Gasteiger partial charge in [-0.3, -0.25) is 19.3 Å². The maximum absolute atomic E-state index is 13.8. The van der Waals surface area contributed by atoms with Gasteiger partial charge in [-0.15, -0.1) is 17.0 Å². The molecule has 238 valence electrons. The molecule has 6 rings (SSSR count). The molecule has 0 bridgehead atoms. The first-order valence-electron chi connectivity index (χ1n) is 14.4. The lowest BCUT2D eigenvalue weighted by atomic mass is 9.72. The van der Waals surface area contributed by atoms with Crippen LogP contribution in [0.1, 0.15) is 75.8 Å². The Bertz CT molecular complexity index is 1510. The maximum Gasteiger partial charge on any atom is 0.202 e. The molecular weight excluding hydrogens is 642 g/mol. The van der Waals surface area contributed by atoms with Gasteiger partial charge < -0.3 is 39.4 Å². The minimum Gasteiger partial charge on any atom is -0.507 e. The standard InChI is InChI=1S/C31H35NO11.BrH/c1-14-26(34)18(32-7-9-41-10-8-32)11-21(42-14)43-20-13-31(39,15(2)33)12-17-23(20)30(38)25-24(28(17)36)27(35)16-5-4-6-19(40-3)22(16)29(25)37;/h4-6,14,18,20-21,26,34,36,38-39H,7-13H2,1-3H3;1H/t14?,18?,20-,21?,26?,31-;/m0./s1. The van der Waals surface area contributed by atoms with Crippen molar-refractivity contribution in [2.45, 2.75) is 69.4 Å². The number of ether oxygens (including phenoxy) is 4. The predicted octanol–water partition coefficient (Wildman–Crippen LogP) is 1.98. The number of fused-ring (bicyclic) bond motifs is 3. The average molecular weight is 679 g/mol. The van der Waals surface area contributed by atoms with Crippen LogP contribution in [0.4, 0.5) is 0 Å². The molecule has 2 fully saturated rings. The minimum absolute atomic E-state index is 0. The Kier molecular flexibility index (Phi) is 8.95. The topological polar surface area (TPSA) is 172 Å². The van der Waals surface area contributed by atoms with Crippen molar-refractivity contribution >= 4 is 34.3 Å². The number of phenols is 2. The van der Waals surface area contributed by atoms with Gasteiger partial charge in [0.05, 0.1) is 55.3 Å². The summed E-state index contributed by atoms with van der Waals surface area (Å²) in [5.41, 5.74) is -2.93. The fraction of sp³-hybridized carbons (Fsp3) is 0.516. The van der Waals surface area contributed by atoms with Gasteiger partial charge in [-0.05, 0) is 19.9 Å². The summed E-state index contributed by atoms with van der Waals surface area (Å²) < 4.78 is 23.1. The van der Waals surface area contributed by atoms with E-state index in [4.69, 9.17) is 18.9 Å². The van der Waals surface area contributed by atoms with E-state index in [0.29, 0.717) is 26.3 Å². The van der Waals surface area contributed by atoms with Gasteiger partial charge in [0.1, 0.15) is 22.8 Å². The summed E-state index contributed by atoms with van der Waals surface area (Å²) in [6.07, 6.45) is -4.07. The molecule has 0 saturated carbocycles. The SMILES string of the molecule is Br.COc1cccc2c1C(=O)c1c(O)c3c(c(O)c1C2=O)C[C@@](O)(C(C)=O)C[C@@H]3OC1CC(N2CCOCC2)C(O)C(C)O1. The lowest BCUT2D eigenvalue weighted by Crippen LogP contribution is -2.58. The highest BCUT2D eigenvalue weighted by Crippen LogP contribution is 2.52. The van der Waals surface area contributed by atoms with Gasteiger partial charge >= 0.3 is 0 Å². The van der Waals surface area contributed by atoms with E-state index >= 15 is 0 Å². The van der Waals surface area contributed by atoms with Crippen molar-refractivity contribution in [1.82, 2.24) is 4.90 Å². The smallest absolute Gasteiger partial charge is 0.202 e. The molecule has 13 heteroatoms. The number of methoxy groups -OCH3 is 1. The molecule has 44 heavy (non-hydrogen) atoms. The maximum atomic E-state index is 13.8. The number of rotatable bonds is 5. The van der Waals surface area contributed by atoms with Gasteiger partial charge in [-0.2, -0.15) is 0 Å². The van der Waals surface area contributed by atoms with Crippen LogP contribution in [0, 0.1) is 0 Å². The number of Topliss-reactive ketones (excluding diaryl/α,β-unsaturated/α-hetero) is 1. The Balaban J connectivity index is 0.00000384. The summed E-state index contributed by atoms with van der Waals surface area (Å²) in [7, 11) is 1.35. The van der Waals surface area contributed by atoms with Crippen LogP contribution in [-0.4, -0.2) is 106 Å². The lowest BCUT2D eigenvalue weighted by molar-refractivity contribution is -0.260. The van der Waals surface area contributed by atoms with Crippen LogP contribution in [0.2, 0.25) is 0 Å². The number of benzene rings is 2. The largest absolute Gasteiger partial charge is 0.507 e. The van der Waals surface area contributed by atoms with Crippen molar-refractivity contribution in [1.29, 1.82) is 0 Å². The van der Waals surface area contributed by atoms with Crippen molar-refractivity contribution in [3.63, 3.8) is 0 Å². The highest BCUT2D eigenvalue weighted by Gasteiger charge is 2.50. The van der Waals surface area contributed by atoms with Crippen LogP contribution < -0.4 is 4.74 Å². The Morgan fingerprint density at radius 3 is 2.41 bits per heavy atom. The van der Waals surface area contributed by atoms with E-state index in [9.17, 15) is 34.8 Å². The van der Waals surface area contributed by atoms with E-state index in [2.05, 4.69) is 4.90 Å². The first kappa shape index (κ1) is 32.5. The second-order valence-corrected chi connectivity index (χ2v) is 11.7. The number of aromatic hydroxyl groups is 2. The zero-order valence-corrected chi connectivity index (χ0v) is 26.3. The van der Waals surface area contributed by atoms with E-state index in [-0.39, 0.29) is 63.9 Å². The number of nitrogens with zero attached hydrogens (tertiary/aromatic N) is 1. The summed E-state index contributed by atoms with van der Waals surface area (Å²) in [6, 6.07) is 4.15. The third-order valence-electron chi connectivity index (χ3n) is 9.24. The number of aliphatic hydroxyl groups is 2. The summed E-state index contributed by atoms with van der Waals surface area (Å²) in [4.78, 5) is 42.2. The van der Waals surface area contributed by atoms with Gasteiger partial charge in [0.25, 0.3) is 0 Å². The molecule has 6 atom stereocenters. The van der Waals surface area contributed by atoms with E-state index in [0.717, 1.165) is 0 Å². The van der Waals surface area contributed by atoms with Gasteiger partial charge in [0.15, 0.2) is 17.9 Å². The Morgan fingerprint density at radius 1 is 1.07 bits per heavy atom. The van der Waals surface area contributed by atoms with Crippen molar-refractivity contribution in [2.24, 2.45) is 0 Å². The van der Waals surface area contributed by atoms with E-state index < -0.39 is 76.6 Å². The fourth-order valence-corrected chi connectivity index (χ4v) is 6.87. The first-order chi connectivity index (χ1) is 20.5. The molecule has 4 N–H and O–H groups in total. The zero-order valence-electron chi connectivity index (χ0n) is 24.6. The molecule has 0 amide bonds. The van der Waals surface area contributed by atoms with E-state index in [1.54, 1.807) is 6.92 Å². The second-order valence-electron chi connectivity index (χ2n) is 11.7. The van der Waals surface area contributed by atoms with Crippen LogP contribution in [0.25, 0.3) is 0 Å².